The molecular formula is C26H32N4O4S2. The lowest BCUT2D eigenvalue weighted by molar-refractivity contribution is -0.113. The highest BCUT2D eigenvalue weighted by Crippen LogP contribution is 2.39. The fourth-order valence-corrected chi connectivity index (χ4v) is 6.35. The lowest BCUT2D eigenvalue weighted by atomic mass is 9.95. The summed E-state index contributed by atoms with van der Waals surface area (Å²) in [6.45, 7) is 6.40. The summed E-state index contributed by atoms with van der Waals surface area (Å²) >= 11 is 2.84. The van der Waals surface area contributed by atoms with E-state index < -0.39 is 0 Å². The summed E-state index contributed by atoms with van der Waals surface area (Å²) in [7, 11) is 1.65. The van der Waals surface area contributed by atoms with Crippen LogP contribution in [0.3, 0.4) is 0 Å². The van der Waals surface area contributed by atoms with Crippen molar-refractivity contribution >= 4 is 40.0 Å². The fraction of sp³-hybridized carbons (Fsp3) is 0.462. The highest BCUT2D eigenvalue weighted by molar-refractivity contribution is 7.99. The zero-order chi connectivity index (χ0) is 25.7. The van der Waals surface area contributed by atoms with E-state index in [0.29, 0.717) is 28.7 Å². The third kappa shape index (κ3) is 6.10. The molecule has 0 saturated heterocycles. The normalized spacial score (nSPS) is 12.9. The maximum atomic E-state index is 12.9. The van der Waals surface area contributed by atoms with E-state index in [1.807, 2.05) is 49.6 Å². The summed E-state index contributed by atoms with van der Waals surface area (Å²) in [5.74, 6) is 1.28. The predicted molar refractivity (Wildman–Crippen MR) is 142 cm³/mol. The lowest BCUT2D eigenvalue weighted by Crippen LogP contribution is -2.19. The molecule has 1 amide bonds. The standard InChI is InChI=1S/C26H32N4O4S2/c1-5-30-21(14-17-10-12-18(33-4)13-11-17)28-29-26(30)35-15-22(31)27-24-23(25(32)34-16(2)3)19-8-6-7-9-20(19)36-24/h10-13,16H,5-9,14-15H2,1-4H3,(H,27,31). The summed E-state index contributed by atoms with van der Waals surface area (Å²) < 4.78 is 12.7. The van der Waals surface area contributed by atoms with Crippen LogP contribution in [0.2, 0.25) is 0 Å². The number of amides is 1. The summed E-state index contributed by atoms with van der Waals surface area (Å²) in [5, 5.41) is 13.0. The van der Waals surface area contributed by atoms with Crippen molar-refractivity contribution in [1.82, 2.24) is 14.8 Å². The van der Waals surface area contributed by atoms with E-state index in [9.17, 15) is 9.59 Å². The Bertz CT molecular complexity index is 1220. The Morgan fingerprint density at radius 1 is 1.17 bits per heavy atom. The van der Waals surface area contributed by atoms with Crippen molar-refractivity contribution in [3.63, 3.8) is 0 Å². The molecule has 1 N–H and O–H groups in total. The Hall–Kier alpha value is -2.85. The maximum Gasteiger partial charge on any atom is 0.341 e. The number of benzene rings is 1. The molecule has 0 aliphatic heterocycles. The van der Waals surface area contributed by atoms with Crippen molar-refractivity contribution in [2.24, 2.45) is 0 Å². The largest absolute Gasteiger partial charge is 0.497 e. The van der Waals surface area contributed by atoms with Gasteiger partial charge in [0.15, 0.2) is 5.16 Å². The van der Waals surface area contributed by atoms with Gasteiger partial charge in [-0.05, 0) is 69.7 Å². The molecule has 0 unspecified atom stereocenters. The third-order valence-electron chi connectivity index (χ3n) is 5.93. The van der Waals surface area contributed by atoms with Crippen LogP contribution in [0.15, 0.2) is 29.4 Å². The van der Waals surface area contributed by atoms with Crippen LogP contribution >= 0.6 is 23.1 Å². The average molecular weight is 529 g/mol. The van der Waals surface area contributed by atoms with Gasteiger partial charge in [0.2, 0.25) is 5.91 Å². The number of aromatic nitrogens is 3. The number of hydrogen-bond donors (Lipinski definition) is 1. The van der Waals surface area contributed by atoms with Crippen molar-refractivity contribution < 1.29 is 19.1 Å². The van der Waals surface area contributed by atoms with Gasteiger partial charge in [0, 0.05) is 17.8 Å². The van der Waals surface area contributed by atoms with Crippen molar-refractivity contribution in [2.75, 3.05) is 18.2 Å². The monoisotopic (exact) mass is 528 g/mol. The molecule has 2 heterocycles. The van der Waals surface area contributed by atoms with Crippen molar-refractivity contribution in [1.29, 1.82) is 0 Å². The van der Waals surface area contributed by atoms with Gasteiger partial charge in [0.25, 0.3) is 0 Å². The first-order chi connectivity index (χ1) is 17.4. The highest BCUT2D eigenvalue weighted by atomic mass is 32.2. The van der Waals surface area contributed by atoms with Gasteiger partial charge >= 0.3 is 5.97 Å². The van der Waals surface area contributed by atoms with E-state index in [4.69, 9.17) is 9.47 Å². The number of nitrogens with zero attached hydrogens (tertiary/aromatic N) is 3. The first kappa shape index (κ1) is 26.2. The van der Waals surface area contributed by atoms with Gasteiger partial charge in [0.05, 0.1) is 24.5 Å². The molecule has 2 aromatic heterocycles. The minimum absolute atomic E-state index is 0.169. The topological polar surface area (TPSA) is 95.3 Å². The molecule has 8 nitrogen and oxygen atoms in total. The number of esters is 1. The molecule has 0 saturated carbocycles. The SMILES string of the molecule is CCn1c(Cc2ccc(OC)cc2)nnc1SCC(=O)Nc1sc2c(c1C(=O)OC(C)C)CCCC2. The first-order valence-corrected chi connectivity index (χ1v) is 14.0. The summed E-state index contributed by atoms with van der Waals surface area (Å²) in [6.07, 6.45) is 4.34. The van der Waals surface area contributed by atoms with Crippen LogP contribution in [0.1, 0.15) is 65.8 Å². The average Bonchev–Trinajstić information content (AvgIpc) is 3.42. The zero-order valence-corrected chi connectivity index (χ0v) is 22.8. The number of aryl methyl sites for hydroxylation is 1. The highest BCUT2D eigenvalue weighted by Gasteiger charge is 2.28. The second kappa shape index (κ2) is 11.9. The molecule has 1 aromatic carbocycles. The Kier molecular flexibility index (Phi) is 8.68. The van der Waals surface area contributed by atoms with Crippen LogP contribution in [-0.4, -0.2) is 45.6 Å². The van der Waals surface area contributed by atoms with E-state index >= 15 is 0 Å². The molecule has 192 valence electrons. The van der Waals surface area contributed by atoms with Gasteiger partial charge in [-0.15, -0.1) is 21.5 Å². The maximum absolute atomic E-state index is 12.9. The van der Waals surface area contributed by atoms with Gasteiger partial charge in [-0.3, -0.25) is 4.79 Å². The van der Waals surface area contributed by atoms with E-state index in [2.05, 4.69) is 15.5 Å². The van der Waals surface area contributed by atoms with E-state index in [1.54, 1.807) is 7.11 Å². The quantitative estimate of drug-likeness (QED) is 0.288. The second-order valence-electron chi connectivity index (χ2n) is 8.87. The molecule has 10 heteroatoms. The molecule has 4 rings (SSSR count). The molecule has 1 aliphatic rings. The lowest BCUT2D eigenvalue weighted by Gasteiger charge is -2.14. The number of anilines is 1. The zero-order valence-electron chi connectivity index (χ0n) is 21.1. The molecular weight excluding hydrogens is 496 g/mol. The predicted octanol–water partition coefficient (Wildman–Crippen LogP) is 5.13. The van der Waals surface area contributed by atoms with Crippen LogP contribution in [0.4, 0.5) is 5.00 Å². The van der Waals surface area contributed by atoms with Crippen LogP contribution in [0.5, 0.6) is 5.75 Å². The van der Waals surface area contributed by atoms with Crippen LogP contribution in [0.25, 0.3) is 0 Å². The van der Waals surface area contributed by atoms with E-state index in [0.717, 1.165) is 48.4 Å². The molecule has 0 spiro atoms. The number of nitrogens with one attached hydrogen (secondary N) is 1. The third-order valence-corrected chi connectivity index (χ3v) is 8.11. The minimum Gasteiger partial charge on any atom is -0.497 e. The number of hydrogen-bond acceptors (Lipinski definition) is 8. The smallest absolute Gasteiger partial charge is 0.341 e. The Morgan fingerprint density at radius 3 is 2.61 bits per heavy atom. The molecule has 0 radical (unpaired) electrons. The van der Waals surface area contributed by atoms with Crippen LogP contribution in [0, 0.1) is 0 Å². The Morgan fingerprint density at radius 2 is 1.92 bits per heavy atom. The van der Waals surface area contributed by atoms with E-state index in [-0.39, 0.29) is 23.7 Å². The first-order valence-electron chi connectivity index (χ1n) is 12.2. The van der Waals surface area contributed by atoms with E-state index in [1.165, 1.54) is 28.0 Å². The van der Waals surface area contributed by atoms with Crippen LogP contribution < -0.4 is 10.1 Å². The van der Waals surface area contributed by atoms with Crippen molar-refractivity contribution in [3.05, 3.63) is 51.7 Å². The van der Waals surface area contributed by atoms with Gasteiger partial charge in [-0.2, -0.15) is 0 Å². The second-order valence-corrected chi connectivity index (χ2v) is 10.9. The number of fused-ring (bicyclic) bond motifs is 1. The number of rotatable bonds is 10. The number of methoxy groups -OCH3 is 1. The molecule has 36 heavy (non-hydrogen) atoms. The number of ether oxygens (including phenoxy) is 2. The Labute approximate surface area is 219 Å². The summed E-state index contributed by atoms with van der Waals surface area (Å²) in [5.41, 5.74) is 2.67. The Balaban J connectivity index is 1.43. The van der Waals surface area contributed by atoms with Gasteiger partial charge < -0.3 is 19.4 Å². The van der Waals surface area contributed by atoms with Gasteiger partial charge in [-0.1, -0.05) is 23.9 Å². The molecule has 0 atom stereocenters. The number of carbonyl (C=O) groups excluding carboxylic acids is 2. The molecule has 0 bridgehead atoms. The molecule has 1 aliphatic carbocycles. The number of thioether (sulfide) groups is 1. The summed E-state index contributed by atoms with van der Waals surface area (Å²) in [6, 6.07) is 7.87. The van der Waals surface area contributed by atoms with Crippen LogP contribution in [-0.2, 0) is 35.3 Å². The number of thiophene rings is 1. The van der Waals surface area contributed by atoms with Crippen molar-refractivity contribution in [2.45, 2.75) is 70.7 Å². The number of carbonyl (C=O) groups is 2. The molecule has 0 fully saturated rings. The van der Waals surface area contributed by atoms with Gasteiger partial charge in [-0.25, -0.2) is 4.79 Å². The molecule has 3 aromatic rings. The van der Waals surface area contributed by atoms with Gasteiger partial charge in [0.1, 0.15) is 16.6 Å². The minimum atomic E-state index is -0.360. The fourth-order valence-electron chi connectivity index (χ4n) is 4.24. The summed E-state index contributed by atoms with van der Waals surface area (Å²) in [4.78, 5) is 26.9. The van der Waals surface area contributed by atoms with Crippen molar-refractivity contribution in [3.8, 4) is 5.75 Å².